The smallest absolute Gasteiger partial charge is 0.293 e. The van der Waals surface area contributed by atoms with Gasteiger partial charge in [-0.15, -0.1) is 17.5 Å². The Balaban J connectivity index is 0.00000225. The van der Waals surface area contributed by atoms with E-state index in [0.29, 0.717) is 11.7 Å². The summed E-state index contributed by atoms with van der Waals surface area (Å²) >= 11 is 0. The number of likely N-dealkylation sites (tertiary alicyclic amines) is 1. The number of hydrogen-bond donors (Lipinski definition) is 1. The molecule has 0 aliphatic carbocycles. The highest BCUT2D eigenvalue weighted by molar-refractivity contribution is 5.91. The van der Waals surface area contributed by atoms with E-state index >= 15 is 0 Å². The van der Waals surface area contributed by atoms with Gasteiger partial charge in [0.15, 0.2) is 5.82 Å². The van der Waals surface area contributed by atoms with Crippen molar-refractivity contribution in [3.05, 3.63) is 66.5 Å². The van der Waals surface area contributed by atoms with Crippen molar-refractivity contribution in [2.45, 2.75) is 6.42 Å². The van der Waals surface area contributed by atoms with E-state index in [0.717, 1.165) is 37.3 Å². The van der Waals surface area contributed by atoms with Gasteiger partial charge in [-0.05, 0) is 38.1 Å². The molecule has 1 atom stereocenters. The van der Waals surface area contributed by atoms with Crippen LogP contribution in [0.1, 0.15) is 17.0 Å². The van der Waals surface area contributed by atoms with Gasteiger partial charge >= 0.3 is 0 Å². The molecule has 1 amide bonds. The number of aromatic nitrogens is 3. The number of benzene rings is 2. The molecule has 1 fully saturated rings. The first-order valence-corrected chi connectivity index (χ1v) is 9.28. The molecule has 4 rings (SSSR count). The van der Waals surface area contributed by atoms with Gasteiger partial charge in [-0.2, -0.15) is 0 Å². The lowest BCUT2D eigenvalue weighted by Crippen LogP contribution is -2.31. The largest absolute Gasteiger partial charge is 0.336 e. The van der Waals surface area contributed by atoms with E-state index in [1.807, 2.05) is 72.6 Å². The van der Waals surface area contributed by atoms with Gasteiger partial charge in [-0.3, -0.25) is 4.79 Å². The summed E-state index contributed by atoms with van der Waals surface area (Å²) in [7, 11) is 1.94. The van der Waals surface area contributed by atoms with E-state index in [1.165, 1.54) is 0 Å². The predicted octanol–water partition coefficient (Wildman–Crippen LogP) is 3.04. The molecule has 0 bridgehead atoms. The van der Waals surface area contributed by atoms with Crippen molar-refractivity contribution in [3.63, 3.8) is 0 Å². The average Bonchev–Trinajstić information content (AvgIpc) is 3.37. The highest BCUT2D eigenvalue weighted by Gasteiger charge is 2.29. The minimum atomic E-state index is -0.0968. The van der Waals surface area contributed by atoms with Crippen molar-refractivity contribution < 1.29 is 4.79 Å². The normalized spacial score (nSPS) is 16.0. The maximum Gasteiger partial charge on any atom is 0.293 e. The Labute approximate surface area is 171 Å². The van der Waals surface area contributed by atoms with Crippen LogP contribution in [0.3, 0.4) is 0 Å². The summed E-state index contributed by atoms with van der Waals surface area (Å²) in [6, 6.07) is 19.7. The molecule has 1 aromatic heterocycles. The zero-order chi connectivity index (χ0) is 18.6. The molecule has 7 heteroatoms. The molecule has 146 valence electrons. The fourth-order valence-electron chi connectivity index (χ4n) is 3.54. The molecule has 1 N–H and O–H groups in total. The second-order valence-electron chi connectivity index (χ2n) is 6.84. The first kappa shape index (κ1) is 20.0. The van der Waals surface area contributed by atoms with E-state index in [-0.39, 0.29) is 24.1 Å². The zero-order valence-electron chi connectivity index (χ0n) is 15.8. The highest BCUT2D eigenvalue weighted by atomic mass is 35.5. The third-order valence-corrected chi connectivity index (χ3v) is 4.90. The van der Waals surface area contributed by atoms with Gasteiger partial charge < -0.3 is 10.2 Å². The number of halogens is 1. The van der Waals surface area contributed by atoms with Gasteiger partial charge in [0.25, 0.3) is 5.91 Å². The predicted molar refractivity (Wildman–Crippen MR) is 112 cm³/mol. The van der Waals surface area contributed by atoms with Crippen LogP contribution in [-0.4, -0.2) is 52.3 Å². The van der Waals surface area contributed by atoms with Gasteiger partial charge in [-0.1, -0.05) is 48.5 Å². The van der Waals surface area contributed by atoms with Crippen LogP contribution in [0.25, 0.3) is 17.1 Å². The molecule has 0 saturated carbocycles. The molecular weight excluding hydrogens is 374 g/mol. The van der Waals surface area contributed by atoms with Crippen LogP contribution >= 0.6 is 12.4 Å². The summed E-state index contributed by atoms with van der Waals surface area (Å²) < 4.78 is 1.75. The Morgan fingerprint density at radius 1 is 1.11 bits per heavy atom. The summed E-state index contributed by atoms with van der Waals surface area (Å²) in [6.45, 7) is 2.43. The first-order chi connectivity index (χ1) is 13.3. The molecule has 0 radical (unpaired) electrons. The van der Waals surface area contributed by atoms with Gasteiger partial charge in [0, 0.05) is 18.7 Å². The van der Waals surface area contributed by atoms with E-state index in [2.05, 4.69) is 15.4 Å². The molecule has 6 nitrogen and oxygen atoms in total. The highest BCUT2D eigenvalue weighted by Crippen LogP contribution is 2.23. The fourth-order valence-corrected chi connectivity index (χ4v) is 3.54. The average molecular weight is 398 g/mol. The minimum Gasteiger partial charge on any atom is -0.336 e. The molecule has 2 heterocycles. The molecule has 2 aromatic carbocycles. The summed E-state index contributed by atoms with van der Waals surface area (Å²) in [5.41, 5.74) is 1.82. The van der Waals surface area contributed by atoms with Gasteiger partial charge in [0.2, 0.25) is 5.82 Å². The van der Waals surface area contributed by atoms with Crippen LogP contribution in [-0.2, 0) is 0 Å². The van der Waals surface area contributed by atoms with Crippen LogP contribution in [0, 0.1) is 5.92 Å². The minimum absolute atomic E-state index is 0. The molecule has 28 heavy (non-hydrogen) atoms. The number of nitrogens with one attached hydrogen (secondary N) is 1. The second kappa shape index (κ2) is 8.99. The summed E-state index contributed by atoms with van der Waals surface area (Å²) in [5, 5.41) is 7.76. The molecule has 1 aliphatic heterocycles. The second-order valence-corrected chi connectivity index (χ2v) is 6.84. The number of rotatable bonds is 5. The number of amides is 1. The van der Waals surface area contributed by atoms with Crippen LogP contribution in [0.4, 0.5) is 0 Å². The monoisotopic (exact) mass is 397 g/mol. The Morgan fingerprint density at radius 3 is 2.46 bits per heavy atom. The third-order valence-electron chi connectivity index (χ3n) is 4.90. The maximum absolute atomic E-state index is 13.0. The first-order valence-electron chi connectivity index (χ1n) is 9.28. The molecular formula is C21H24ClN5O. The lowest BCUT2D eigenvalue weighted by Gasteiger charge is -2.14. The third kappa shape index (κ3) is 4.08. The van der Waals surface area contributed by atoms with E-state index in [9.17, 15) is 4.79 Å². The van der Waals surface area contributed by atoms with E-state index in [4.69, 9.17) is 0 Å². The number of carbonyl (C=O) groups is 1. The van der Waals surface area contributed by atoms with Crippen molar-refractivity contribution in [1.82, 2.24) is 25.0 Å². The van der Waals surface area contributed by atoms with Crippen molar-refractivity contribution in [2.75, 3.05) is 26.7 Å². The van der Waals surface area contributed by atoms with Crippen LogP contribution in [0.15, 0.2) is 60.7 Å². The summed E-state index contributed by atoms with van der Waals surface area (Å²) in [5.74, 6) is 1.32. The Bertz CT molecular complexity index is 856. The number of hydrogen-bond acceptors (Lipinski definition) is 4. The van der Waals surface area contributed by atoms with Crippen LogP contribution in [0.5, 0.6) is 0 Å². The molecule has 1 aliphatic rings. The molecule has 3 aromatic rings. The number of nitrogens with zero attached hydrogens (tertiary/aromatic N) is 4. The topological polar surface area (TPSA) is 63.1 Å². The van der Waals surface area contributed by atoms with Crippen LogP contribution < -0.4 is 5.32 Å². The number of para-hydroxylation sites is 1. The molecule has 0 spiro atoms. The maximum atomic E-state index is 13.0. The van der Waals surface area contributed by atoms with Crippen molar-refractivity contribution in [2.24, 2.45) is 5.92 Å². The summed E-state index contributed by atoms with van der Waals surface area (Å²) in [4.78, 5) is 19.5. The van der Waals surface area contributed by atoms with E-state index in [1.54, 1.807) is 4.68 Å². The standard InChI is InChI=1S/C21H23N5O.ClH/c1-22-14-16-12-13-25(15-16)21(27)19-23-20(17-8-4-2-5-9-17)26(24-19)18-10-6-3-7-11-18;/h2-11,16,22H,12-15H2,1H3;1H. The summed E-state index contributed by atoms with van der Waals surface area (Å²) in [6.07, 6.45) is 1.01. The van der Waals surface area contributed by atoms with Crippen molar-refractivity contribution >= 4 is 18.3 Å². The Kier molecular flexibility index (Phi) is 6.44. The quantitative estimate of drug-likeness (QED) is 0.718. The van der Waals surface area contributed by atoms with Crippen molar-refractivity contribution in [3.8, 4) is 17.1 Å². The van der Waals surface area contributed by atoms with Gasteiger partial charge in [0.05, 0.1) is 5.69 Å². The lowest BCUT2D eigenvalue weighted by molar-refractivity contribution is 0.0775. The Hall–Kier alpha value is -2.70. The number of carbonyl (C=O) groups excluding carboxylic acids is 1. The fraction of sp³-hybridized carbons (Fsp3) is 0.286. The molecule has 1 saturated heterocycles. The van der Waals surface area contributed by atoms with Gasteiger partial charge in [0.1, 0.15) is 0 Å². The van der Waals surface area contributed by atoms with Gasteiger partial charge in [-0.25, -0.2) is 9.67 Å². The Morgan fingerprint density at radius 2 is 1.79 bits per heavy atom. The lowest BCUT2D eigenvalue weighted by atomic mass is 10.1. The van der Waals surface area contributed by atoms with Crippen molar-refractivity contribution in [1.29, 1.82) is 0 Å². The zero-order valence-corrected chi connectivity index (χ0v) is 16.6. The van der Waals surface area contributed by atoms with E-state index < -0.39 is 0 Å². The SMILES string of the molecule is CNCC1CCN(C(=O)c2nc(-c3ccccc3)n(-c3ccccc3)n2)C1.Cl. The van der Waals surface area contributed by atoms with Crippen LogP contribution in [0.2, 0.25) is 0 Å². The molecule has 1 unspecified atom stereocenters.